The summed E-state index contributed by atoms with van der Waals surface area (Å²) in [6, 6.07) is 3.49. The van der Waals surface area contributed by atoms with E-state index in [1.54, 1.807) is 19.2 Å². The number of nitrogens with one attached hydrogen (secondary N) is 1. The van der Waals surface area contributed by atoms with Crippen molar-refractivity contribution in [3.05, 3.63) is 29.6 Å². The lowest BCUT2D eigenvalue weighted by molar-refractivity contribution is 0.0696. The van der Waals surface area contributed by atoms with Crippen LogP contribution in [-0.2, 0) is 11.3 Å². The molecule has 5 heteroatoms. The smallest absolute Gasteiger partial charge is 0.337 e. The first-order valence-corrected chi connectivity index (χ1v) is 5.04. The predicted molar refractivity (Wildman–Crippen MR) is 59.4 cm³/mol. The molecule has 0 spiro atoms. The second-order valence-corrected chi connectivity index (χ2v) is 3.58. The lowest BCUT2D eigenvalue weighted by atomic mass is 10.2. The van der Waals surface area contributed by atoms with E-state index in [4.69, 9.17) is 9.84 Å². The van der Waals surface area contributed by atoms with Crippen molar-refractivity contribution in [1.29, 1.82) is 0 Å². The molecular formula is C11H16N2O3. The van der Waals surface area contributed by atoms with Gasteiger partial charge in [-0.3, -0.25) is 4.98 Å². The van der Waals surface area contributed by atoms with Gasteiger partial charge in [-0.05, 0) is 19.1 Å². The zero-order valence-electron chi connectivity index (χ0n) is 9.43. The van der Waals surface area contributed by atoms with Crippen LogP contribution in [-0.4, -0.2) is 35.8 Å². The van der Waals surface area contributed by atoms with Crippen LogP contribution >= 0.6 is 0 Å². The number of carbonyl (C=O) groups is 1. The first-order chi connectivity index (χ1) is 7.63. The van der Waals surface area contributed by atoms with Crippen molar-refractivity contribution < 1.29 is 14.6 Å². The van der Waals surface area contributed by atoms with Gasteiger partial charge in [-0.25, -0.2) is 4.79 Å². The Morgan fingerprint density at radius 2 is 2.38 bits per heavy atom. The third-order valence-corrected chi connectivity index (χ3v) is 2.12. The number of hydrogen-bond acceptors (Lipinski definition) is 4. The standard InChI is InChI=1S/C11H16N2O3/c1-8(7-16-2)12-6-10-4-3-9(5-13-10)11(14)15/h3-5,8,12H,6-7H2,1-2H3,(H,14,15). The molecule has 2 N–H and O–H groups in total. The monoisotopic (exact) mass is 224 g/mol. The summed E-state index contributed by atoms with van der Waals surface area (Å²) in [6.07, 6.45) is 1.36. The van der Waals surface area contributed by atoms with Gasteiger partial charge >= 0.3 is 5.97 Å². The van der Waals surface area contributed by atoms with Crippen LogP contribution in [0, 0.1) is 0 Å². The Morgan fingerprint density at radius 3 is 2.88 bits per heavy atom. The Bertz CT molecular complexity index is 338. The number of ether oxygens (including phenoxy) is 1. The molecule has 1 rings (SSSR count). The summed E-state index contributed by atoms with van der Waals surface area (Å²) in [5.41, 5.74) is 1.02. The van der Waals surface area contributed by atoms with E-state index in [2.05, 4.69) is 10.3 Å². The predicted octanol–water partition coefficient (Wildman–Crippen LogP) is 0.904. The number of methoxy groups -OCH3 is 1. The van der Waals surface area contributed by atoms with Gasteiger partial charge < -0.3 is 15.2 Å². The third kappa shape index (κ3) is 3.96. The quantitative estimate of drug-likeness (QED) is 0.751. The molecule has 1 aromatic rings. The van der Waals surface area contributed by atoms with Crippen LogP contribution in [0.15, 0.2) is 18.3 Å². The first-order valence-electron chi connectivity index (χ1n) is 5.04. The van der Waals surface area contributed by atoms with Crippen molar-refractivity contribution >= 4 is 5.97 Å². The lowest BCUT2D eigenvalue weighted by Gasteiger charge is -2.11. The minimum atomic E-state index is -0.959. The van der Waals surface area contributed by atoms with Crippen molar-refractivity contribution in [2.75, 3.05) is 13.7 Å². The summed E-state index contributed by atoms with van der Waals surface area (Å²) in [5, 5.41) is 11.9. The van der Waals surface area contributed by atoms with E-state index < -0.39 is 5.97 Å². The van der Waals surface area contributed by atoms with Gasteiger partial charge in [-0.2, -0.15) is 0 Å². The summed E-state index contributed by atoms with van der Waals surface area (Å²) in [5.74, 6) is -0.959. The van der Waals surface area contributed by atoms with Crippen LogP contribution in [0.3, 0.4) is 0 Å². The van der Waals surface area contributed by atoms with Gasteiger partial charge in [0.2, 0.25) is 0 Å². The van der Waals surface area contributed by atoms with Crippen molar-refractivity contribution in [1.82, 2.24) is 10.3 Å². The molecule has 5 nitrogen and oxygen atoms in total. The maximum atomic E-state index is 10.6. The van der Waals surface area contributed by atoms with E-state index in [0.717, 1.165) is 5.69 Å². The first kappa shape index (κ1) is 12.6. The molecular weight excluding hydrogens is 208 g/mol. The second kappa shape index (κ2) is 6.19. The molecule has 0 aromatic carbocycles. The van der Waals surface area contributed by atoms with E-state index in [1.807, 2.05) is 6.92 Å². The number of hydrogen-bond donors (Lipinski definition) is 2. The molecule has 0 aliphatic heterocycles. The molecule has 1 atom stereocenters. The molecule has 1 unspecified atom stereocenters. The molecule has 0 radical (unpaired) electrons. The molecule has 16 heavy (non-hydrogen) atoms. The zero-order valence-corrected chi connectivity index (χ0v) is 9.43. The molecule has 0 aliphatic rings. The van der Waals surface area contributed by atoms with E-state index in [9.17, 15) is 4.79 Å². The van der Waals surface area contributed by atoms with Crippen molar-refractivity contribution in [2.24, 2.45) is 0 Å². The van der Waals surface area contributed by atoms with Crippen LogP contribution in [0.1, 0.15) is 23.0 Å². The molecule has 0 amide bonds. The normalized spacial score (nSPS) is 12.4. The van der Waals surface area contributed by atoms with Crippen LogP contribution < -0.4 is 5.32 Å². The number of rotatable bonds is 6. The van der Waals surface area contributed by atoms with E-state index in [0.29, 0.717) is 13.2 Å². The fourth-order valence-corrected chi connectivity index (χ4v) is 1.24. The number of carboxylic acid groups (broad SMARTS) is 1. The van der Waals surface area contributed by atoms with Gasteiger partial charge in [0.1, 0.15) is 0 Å². The molecule has 88 valence electrons. The molecule has 1 aromatic heterocycles. The SMILES string of the molecule is COCC(C)NCc1ccc(C(=O)O)cn1. The van der Waals surface area contributed by atoms with Crippen LogP contribution in [0.4, 0.5) is 0 Å². The molecule has 0 fully saturated rings. The van der Waals surface area contributed by atoms with E-state index in [1.165, 1.54) is 6.20 Å². The van der Waals surface area contributed by atoms with Crippen LogP contribution in [0.25, 0.3) is 0 Å². The summed E-state index contributed by atoms with van der Waals surface area (Å²) in [6.45, 7) is 3.24. The highest BCUT2D eigenvalue weighted by atomic mass is 16.5. The van der Waals surface area contributed by atoms with Gasteiger partial charge in [-0.15, -0.1) is 0 Å². The number of carboxylic acids is 1. The molecule has 0 saturated carbocycles. The van der Waals surface area contributed by atoms with E-state index >= 15 is 0 Å². The number of aromatic nitrogens is 1. The second-order valence-electron chi connectivity index (χ2n) is 3.58. The highest BCUT2D eigenvalue weighted by molar-refractivity contribution is 5.87. The zero-order chi connectivity index (χ0) is 12.0. The van der Waals surface area contributed by atoms with Gasteiger partial charge in [0.15, 0.2) is 0 Å². The summed E-state index contributed by atoms with van der Waals surface area (Å²) in [4.78, 5) is 14.6. The highest BCUT2D eigenvalue weighted by Crippen LogP contribution is 2.00. The number of nitrogens with zero attached hydrogens (tertiary/aromatic N) is 1. The minimum absolute atomic E-state index is 0.202. The maximum Gasteiger partial charge on any atom is 0.337 e. The fraction of sp³-hybridized carbons (Fsp3) is 0.455. The van der Waals surface area contributed by atoms with Gasteiger partial charge in [0.25, 0.3) is 0 Å². The third-order valence-electron chi connectivity index (χ3n) is 2.12. The lowest BCUT2D eigenvalue weighted by Crippen LogP contribution is -2.29. The largest absolute Gasteiger partial charge is 0.478 e. The molecule has 0 saturated heterocycles. The Labute approximate surface area is 94.5 Å². The number of pyridine rings is 1. The minimum Gasteiger partial charge on any atom is -0.478 e. The van der Waals surface area contributed by atoms with Crippen LogP contribution in [0.5, 0.6) is 0 Å². The Hall–Kier alpha value is -1.46. The Kier molecular flexibility index (Phi) is 4.88. The fourth-order valence-electron chi connectivity index (χ4n) is 1.24. The number of aromatic carboxylic acids is 1. The van der Waals surface area contributed by atoms with Crippen LogP contribution in [0.2, 0.25) is 0 Å². The highest BCUT2D eigenvalue weighted by Gasteiger charge is 2.04. The van der Waals surface area contributed by atoms with Crippen molar-refractivity contribution in [3.63, 3.8) is 0 Å². The average Bonchev–Trinajstić information content (AvgIpc) is 2.27. The van der Waals surface area contributed by atoms with E-state index in [-0.39, 0.29) is 11.6 Å². The van der Waals surface area contributed by atoms with Gasteiger partial charge in [0, 0.05) is 25.9 Å². The van der Waals surface area contributed by atoms with Gasteiger partial charge in [-0.1, -0.05) is 0 Å². The summed E-state index contributed by atoms with van der Waals surface area (Å²) < 4.78 is 4.98. The van der Waals surface area contributed by atoms with Crippen molar-refractivity contribution in [3.8, 4) is 0 Å². The Balaban J connectivity index is 2.46. The maximum absolute atomic E-state index is 10.6. The molecule has 0 aliphatic carbocycles. The summed E-state index contributed by atoms with van der Waals surface area (Å²) in [7, 11) is 1.65. The molecule has 0 bridgehead atoms. The average molecular weight is 224 g/mol. The van der Waals surface area contributed by atoms with Gasteiger partial charge in [0.05, 0.1) is 17.9 Å². The topological polar surface area (TPSA) is 71.5 Å². The molecule has 1 heterocycles. The Morgan fingerprint density at radius 1 is 1.62 bits per heavy atom. The summed E-state index contributed by atoms with van der Waals surface area (Å²) >= 11 is 0. The van der Waals surface area contributed by atoms with Crippen molar-refractivity contribution in [2.45, 2.75) is 19.5 Å².